The van der Waals surface area contributed by atoms with Crippen molar-refractivity contribution in [3.63, 3.8) is 0 Å². The number of likely N-dealkylation sites (N-methyl/N-ethyl adjacent to an activating group) is 1. The molecule has 1 atom stereocenters. The molecule has 0 aliphatic heterocycles. The van der Waals surface area contributed by atoms with Crippen LogP contribution < -0.4 is 16.2 Å². The Hall–Kier alpha value is -1.09. The number of aromatic amines is 1. The number of hydrogen-bond acceptors (Lipinski definition) is 6. The van der Waals surface area contributed by atoms with Gasteiger partial charge in [0.05, 0.1) is 16.9 Å². The summed E-state index contributed by atoms with van der Waals surface area (Å²) in [5.41, 5.74) is 1.17. The second kappa shape index (κ2) is 10.5. The molecule has 0 fully saturated rings. The monoisotopic (exact) mass is 430 g/mol. The summed E-state index contributed by atoms with van der Waals surface area (Å²) in [6.45, 7) is 5.60. The third-order valence-corrected chi connectivity index (χ3v) is 6.63. The average Bonchev–Trinajstić information content (AvgIpc) is 2.99. The Morgan fingerprint density at radius 3 is 2.93 bits per heavy atom. The number of H-pyrrole nitrogens is 1. The van der Waals surface area contributed by atoms with Gasteiger partial charge in [0.25, 0.3) is 5.56 Å². The highest BCUT2D eigenvalue weighted by Gasteiger charge is 2.19. The second-order valence-corrected chi connectivity index (χ2v) is 8.73. The van der Waals surface area contributed by atoms with E-state index in [1.807, 2.05) is 13.8 Å². The number of hydrogen-bond donors (Lipinski definition) is 3. The van der Waals surface area contributed by atoms with E-state index in [1.54, 1.807) is 11.3 Å². The number of thioether (sulfide) groups is 1. The number of aromatic nitrogens is 2. The van der Waals surface area contributed by atoms with Crippen molar-refractivity contribution in [1.82, 2.24) is 20.6 Å². The number of nitrogens with zero attached hydrogens (tertiary/aromatic N) is 1. The number of carbonyl (C=O) groups excluding carboxylic acids is 1. The van der Waals surface area contributed by atoms with Crippen LogP contribution in [0.4, 0.5) is 0 Å². The molecule has 1 amide bonds. The van der Waals surface area contributed by atoms with E-state index in [1.165, 1.54) is 28.6 Å². The van der Waals surface area contributed by atoms with E-state index in [0.717, 1.165) is 36.0 Å². The third-order valence-electron chi connectivity index (χ3n) is 4.50. The Balaban J connectivity index is 0.00000261. The lowest BCUT2D eigenvalue weighted by Gasteiger charge is -2.13. The number of halogens is 1. The fourth-order valence-electron chi connectivity index (χ4n) is 3.26. The summed E-state index contributed by atoms with van der Waals surface area (Å²) < 4.78 is 0. The fourth-order valence-corrected chi connectivity index (χ4v) is 5.26. The Morgan fingerprint density at radius 1 is 1.37 bits per heavy atom. The van der Waals surface area contributed by atoms with E-state index in [-0.39, 0.29) is 29.9 Å². The van der Waals surface area contributed by atoms with E-state index in [0.29, 0.717) is 23.9 Å². The topological polar surface area (TPSA) is 86.9 Å². The molecule has 0 saturated carbocycles. The molecule has 2 aromatic heterocycles. The summed E-state index contributed by atoms with van der Waals surface area (Å²) in [7, 11) is 0. The minimum Gasteiger partial charge on any atom is -0.354 e. The zero-order valence-electron chi connectivity index (χ0n) is 15.7. The molecule has 0 radical (unpaired) electrons. The molecule has 0 bridgehead atoms. The van der Waals surface area contributed by atoms with E-state index in [4.69, 9.17) is 0 Å². The Kier molecular flexibility index (Phi) is 8.60. The molecule has 1 aliphatic rings. The van der Waals surface area contributed by atoms with Gasteiger partial charge in [-0.1, -0.05) is 6.92 Å². The van der Waals surface area contributed by atoms with Gasteiger partial charge < -0.3 is 15.6 Å². The summed E-state index contributed by atoms with van der Waals surface area (Å²) in [5.74, 6) is 1.56. The summed E-state index contributed by atoms with van der Waals surface area (Å²) in [5, 5.41) is 6.96. The van der Waals surface area contributed by atoms with Gasteiger partial charge in [0.2, 0.25) is 5.91 Å². The smallest absolute Gasteiger partial charge is 0.259 e. The van der Waals surface area contributed by atoms with Gasteiger partial charge >= 0.3 is 0 Å². The van der Waals surface area contributed by atoms with Crippen molar-refractivity contribution in [3.05, 3.63) is 26.6 Å². The molecule has 1 aliphatic carbocycles. The van der Waals surface area contributed by atoms with Crippen LogP contribution in [0.3, 0.4) is 0 Å². The van der Waals surface area contributed by atoms with E-state index in [2.05, 4.69) is 20.6 Å². The van der Waals surface area contributed by atoms with E-state index < -0.39 is 0 Å². The molecule has 0 saturated heterocycles. The van der Waals surface area contributed by atoms with Crippen molar-refractivity contribution in [1.29, 1.82) is 0 Å². The predicted octanol–water partition coefficient (Wildman–Crippen LogP) is 2.63. The fraction of sp³-hybridized carbons (Fsp3) is 0.611. The Bertz CT molecular complexity index is 837. The summed E-state index contributed by atoms with van der Waals surface area (Å²) in [6.07, 6.45) is 4.39. The minimum absolute atomic E-state index is 0. The molecular weight excluding hydrogens is 404 g/mol. The number of nitrogens with one attached hydrogen (secondary N) is 3. The van der Waals surface area contributed by atoms with Crippen LogP contribution >= 0.6 is 35.5 Å². The van der Waals surface area contributed by atoms with Crippen LogP contribution in [0.25, 0.3) is 10.2 Å². The molecule has 0 aromatic carbocycles. The second-order valence-electron chi connectivity index (χ2n) is 6.66. The normalized spacial score (nSPS) is 14.4. The maximum absolute atomic E-state index is 12.5. The van der Waals surface area contributed by atoms with Gasteiger partial charge in [-0.15, -0.1) is 35.5 Å². The zero-order valence-corrected chi connectivity index (χ0v) is 18.2. The van der Waals surface area contributed by atoms with Crippen molar-refractivity contribution in [2.75, 3.05) is 18.8 Å². The Labute approximate surface area is 173 Å². The first-order valence-corrected chi connectivity index (χ1v) is 11.2. The van der Waals surface area contributed by atoms with Crippen LogP contribution in [0.15, 0.2) is 4.79 Å². The molecule has 0 spiro atoms. The molecule has 2 aromatic rings. The maximum Gasteiger partial charge on any atom is 0.259 e. The standard InChI is InChI=1S/C18H26N4O2S2.ClH/c1-3-19-11(2)8-20-15(23)10-25-9-14-21-17(24)16-12-6-4-5-7-13(12)26-18(16)22-14;/h11,19H,3-10H2,1-2H3,(H,20,23)(H,21,22,24);1H/t11-;/m1./s1. The number of fused-ring (bicyclic) bond motifs is 3. The van der Waals surface area contributed by atoms with Crippen molar-refractivity contribution in [3.8, 4) is 0 Å². The number of carbonyl (C=O) groups is 1. The quantitative estimate of drug-likeness (QED) is 0.599. The maximum atomic E-state index is 12.5. The summed E-state index contributed by atoms with van der Waals surface area (Å²) in [6, 6.07) is 0.263. The lowest BCUT2D eigenvalue weighted by Crippen LogP contribution is -2.39. The molecule has 6 nitrogen and oxygen atoms in total. The number of aryl methyl sites for hydroxylation is 2. The Morgan fingerprint density at radius 2 is 2.15 bits per heavy atom. The number of rotatable bonds is 8. The van der Waals surface area contributed by atoms with Gasteiger partial charge in [0.1, 0.15) is 10.7 Å². The van der Waals surface area contributed by atoms with Crippen LogP contribution in [0, 0.1) is 0 Å². The minimum atomic E-state index is -0.0334. The molecule has 150 valence electrons. The lowest BCUT2D eigenvalue weighted by atomic mass is 9.97. The number of thiophene rings is 1. The van der Waals surface area contributed by atoms with Crippen molar-refractivity contribution >= 4 is 51.6 Å². The molecule has 2 heterocycles. The van der Waals surface area contributed by atoms with Crippen molar-refractivity contribution in [2.24, 2.45) is 0 Å². The highest BCUT2D eigenvalue weighted by atomic mass is 35.5. The van der Waals surface area contributed by atoms with E-state index in [9.17, 15) is 9.59 Å². The van der Waals surface area contributed by atoms with Crippen LogP contribution in [-0.4, -0.2) is 40.8 Å². The zero-order chi connectivity index (χ0) is 18.5. The first kappa shape index (κ1) is 22.2. The van der Waals surface area contributed by atoms with Gasteiger partial charge in [-0.05, 0) is 44.7 Å². The molecular formula is C18H27ClN4O2S2. The highest BCUT2D eigenvalue weighted by molar-refractivity contribution is 7.99. The molecule has 0 unspecified atom stereocenters. The van der Waals surface area contributed by atoms with Gasteiger partial charge in [-0.3, -0.25) is 9.59 Å². The molecule has 27 heavy (non-hydrogen) atoms. The van der Waals surface area contributed by atoms with Gasteiger partial charge in [0, 0.05) is 17.5 Å². The van der Waals surface area contributed by atoms with Gasteiger partial charge in [-0.2, -0.15) is 0 Å². The SMILES string of the molecule is CCN[C@H](C)CNC(=O)CSCc1nc2sc3c(c2c(=O)[nH]1)CCCC3.Cl. The van der Waals surface area contributed by atoms with Crippen molar-refractivity contribution < 1.29 is 4.79 Å². The summed E-state index contributed by atoms with van der Waals surface area (Å²) >= 11 is 3.13. The average molecular weight is 431 g/mol. The predicted molar refractivity (Wildman–Crippen MR) is 116 cm³/mol. The van der Waals surface area contributed by atoms with Crippen LogP contribution in [0.1, 0.15) is 43.0 Å². The third kappa shape index (κ3) is 5.70. The van der Waals surface area contributed by atoms with Gasteiger partial charge in [0.15, 0.2) is 0 Å². The van der Waals surface area contributed by atoms with Gasteiger partial charge in [-0.25, -0.2) is 4.98 Å². The molecule has 9 heteroatoms. The highest BCUT2D eigenvalue weighted by Crippen LogP contribution is 2.33. The van der Waals surface area contributed by atoms with Crippen LogP contribution in [0.5, 0.6) is 0 Å². The largest absolute Gasteiger partial charge is 0.354 e. The summed E-state index contributed by atoms with van der Waals surface area (Å²) in [4.78, 5) is 34.1. The van der Waals surface area contributed by atoms with Crippen LogP contribution in [-0.2, 0) is 23.4 Å². The number of amides is 1. The van der Waals surface area contributed by atoms with Crippen LogP contribution in [0.2, 0.25) is 0 Å². The first-order chi connectivity index (χ1) is 12.6. The lowest BCUT2D eigenvalue weighted by molar-refractivity contribution is -0.118. The molecule has 3 rings (SSSR count). The van der Waals surface area contributed by atoms with Crippen molar-refractivity contribution in [2.45, 2.75) is 51.3 Å². The first-order valence-electron chi connectivity index (χ1n) is 9.19. The molecule has 3 N–H and O–H groups in total. The van der Waals surface area contributed by atoms with E-state index >= 15 is 0 Å².